The molecule has 0 unspecified atom stereocenters. The van der Waals surface area contributed by atoms with Crippen molar-refractivity contribution in [1.29, 1.82) is 0 Å². The van der Waals surface area contributed by atoms with Crippen molar-refractivity contribution >= 4 is 11.6 Å². The molecule has 1 amide bonds. The van der Waals surface area contributed by atoms with Crippen molar-refractivity contribution in [3.05, 3.63) is 78.6 Å². The second kappa shape index (κ2) is 9.69. The highest BCUT2D eigenvalue weighted by Crippen LogP contribution is 2.29. The number of benzene rings is 2. The Labute approximate surface area is 200 Å². The molecule has 2 aromatic carbocycles. The summed E-state index contributed by atoms with van der Waals surface area (Å²) >= 11 is 0. The van der Waals surface area contributed by atoms with Gasteiger partial charge in [-0.3, -0.25) is 9.69 Å². The largest absolute Gasteiger partial charge is 0.497 e. The lowest BCUT2D eigenvalue weighted by atomic mass is 10.1. The molecule has 0 N–H and O–H groups in total. The smallest absolute Gasteiger partial charge is 0.222 e. The standard InChI is InChI=1S/C28H30N4O2/c1-3-27(33)31-17-15-30(16-18-31)20-25-28(22-9-12-24(34-2)13-10-22)29-26-14-11-23(19-32(25)26)21-7-5-4-6-8-21/h4-14,19H,3,15-18,20H2,1-2H3. The summed E-state index contributed by atoms with van der Waals surface area (Å²) < 4.78 is 7.58. The molecule has 0 spiro atoms. The molecule has 4 aromatic rings. The van der Waals surface area contributed by atoms with Gasteiger partial charge in [-0.15, -0.1) is 0 Å². The Bertz CT molecular complexity index is 1270. The average Bonchev–Trinajstić information content (AvgIpc) is 3.26. The van der Waals surface area contributed by atoms with E-state index in [1.807, 2.05) is 30.0 Å². The van der Waals surface area contributed by atoms with E-state index in [0.29, 0.717) is 6.42 Å². The third-order valence-electron chi connectivity index (χ3n) is 6.59. The summed E-state index contributed by atoms with van der Waals surface area (Å²) in [6.45, 7) is 5.97. The minimum absolute atomic E-state index is 0.237. The fourth-order valence-electron chi connectivity index (χ4n) is 4.62. The zero-order valence-corrected chi connectivity index (χ0v) is 19.8. The maximum Gasteiger partial charge on any atom is 0.222 e. The van der Waals surface area contributed by atoms with Crippen LogP contribution in [0.2, 0.25) is 0 Å². The Morgan fingerprint density at radius 3 is 2.26 bits per heavy atom. The molecule has 1 saturated heterocycles. The maximum atomic E-state index is 12.1. The number of amides is 1. The molecule has 0 bridgehead atoms. The van der Waals surface area contributed by atoms with Gasteiger partial charge in [-0.2, -0.15) is 0 Å². The molecule has 0 atom stereocenters. The van der Waals surface area contributed by atoms with Crippen LogP contribution in [0.5, 0.6) is 5.75 Å². The molecule has 1 aliphatic heterocycles. The number of imidazole rings is 1. The molecular formula is C28H30N4O2. The maximum absolute atomic E-state index is 12.1. The molecule has 3 heterocycles. The van der Waals surface area contributed by atoms with Crippen LogP contribution in [0, 0.1) is 0 Å². The van der Waals surface area contributed by atoms with Gasteiger partial charge in [0.05, 0.1) is 18.5 Å². The van der Waals surface area contributed by atoms with Crippen LogP contribution in [0.15, 0.2) is 72.9 Å². The number of methoxy groups -OCH3 is 1. The van der Waals surface area contributed by atoms with Gasteiger partial charge in [0, 0.05) is 50.9 Å². The molecule has 174 valence electrons. The lowest BCUT2D eigenvalue weighted by Crippen LogP contribution is -2.48. The number of fused-ring (bicyclic) bond motifs is 1. The third-order valence-corrected chi connectivity index (χ3v) is 6.59. The number of rotatable bonds is 6. The Morgan fingerprint density at radius 2 is 1.59 bits per heavy atom. The first-order valence-electron chi connectivity index (χ1n) is 11.9. The molecule has 5 rings (SSSR count). The van der Waals surface area contributed by atoms with Crippen LogP contribution >= 0.6 is 0 Å². The van der Waals surface area contributed by atoms with E-state index < -0.39 is 0 Å². The minimum atomic E-state index is 0.237. The predicted octanol–water partition coefficient (Wildman–Crippen LogP) is 4.73. The number of piperazine rings is 1. The Balaban J connectivity index is 1.52. The SMILES string of the molecule is CCC(=O)N1CCN(Cc2c(-c3ccc(OC)cc3)nc3ccc(-c4ccccc4)cn23)CC1. The van der Waals surface area contributed by atoms with Crippen molar-refractivity contribution in [3.8, 4) is 28.1 Å². The fourth-order valence-corrected chi connectivity index (χ4v) is 4.62. The number of nitrogens with zero attached hydrogens (tertiary/aromatic N) is 4. The van der Waals surface area contributed by atoms with E-state index in [1.54, 1.807) is 7.11 Å². The van der Waals surface area contributed by atoms with Gasteiger partial charge >= 0.3 is 0 Å². The number of carbonyl (C=O) groups excluding carboxylic acids is 1. The van der Waals surface area contributed by atoms with E-state index >= 15 is 0 Å². The molecule has 6 nitrogen and oxygen atoms in total. The fraction of sp³-hybridized carbons (Fsp3) is 0.286. The van der Waals surface area contributed by atoms with Gasteiger partial charge in [0.25, 0.3) is 0 Å². The molecule has 0 radical (unpaired) electrons. The van der Waals surface area contributed by atoms with E-state index in [2.05, 4.69) is 64.0 Å². The molecule has 1 aliphatic rings. The molecular weight excluding hydrogens is 424 g/mol. The number of aromatic nitrogens is 2. The predicted molar refractivity (Wildman–Crippen MR) is 135 cm³/mol. The topological polar surface area (TPSA) is 50.1 Å². The van der Waals surface area contributed by atoms with Crippen LogP contribution in [0.1, 0.15) is 19.0 Å². The van der Waals surface area contributed by atoms with Gasteiger partial charge < -0.3 is 14.0 Å². The first-order chi connectivity index (χ1) is 16.7. The number of pyridine rings is 1. The molecule has 34 heavy (non-hydrogen) atoms. The third kappa shape index (κ3) is 4.41. The summed E-state index contributed by atoms with van der Waals surface area (Å²) in [6, 6.07) is 22.8. The first kappa shape index (κ1) is 22.2. The Hall–Kier alpha value is -3.64. The molecule has 0 saturated carbocycles. The van der Waals surface area contributed by atoms with Crippen molar-refractivity contribution in [3.63, 3.8) is 0 Å². The first-order valence-corrected chi connectivity index (χ1v) is 11.9. The summed E-state index contributed by atoms with van der Waals surface area (Å²) in [5, 5.41) is 0. The summed E-state index contributed by atoms with van der Waals surface area (Å²) in [5.74, 6) is 1.07. The number of hydrogen-bond donors (Lipinski definition) is 0. The Morgan fingerprint density at radius 1 is 0.882 bits per heavy atom. The zero-order chi connectivity index (χ0) is 23.5. The minimum Gasteiger partial charge on any atom is -0.497 e. The van der Waals surface area contributed by atoms with Crippen LogP contribution < -0.4 is 4.74 Å². The van der Waals surface area contributed by atoms with Gasteiger partial charge in [0.1, 0.15) is 11.4 Å². The van der Waals surface area contributed by atoms with E-state index in [-0.39, 0.29) is 5.91 Å². The van der Waals surface area contributed by atoms with Crippen molar-refractivity contribution in [2.45, 2.75) is 19.9 Å². The second-order valence-corrected chi connectivity index (χ2v) is 8.66. The van der Waals surface area contributed by atoms with Crippen molar-refractivity contribution in [2.75, 3.05) is 33.3 Å². The number of ether oxygens (including phenoxy) is 1. The van der Waals surface area contributed by atoms with Crippen molar-refractivity contribution in [1.82, 2.24) is 19.2 Å². The van der Waals surface area contributed by atoms with Gasteiger partial charge in [0.15, 0.2) is 0 Å². The quantitative estimate of drug-likeness (QED) is 0.423. The zero-order valence-electron chi connectivity index (χ0n) is 19.8. The normalized spacial score (nSPS) is 14.5. The monoisotopic (exact) mass is 454 g/mol. The summed E-state index contributed by atoms with van der Waals surface area (Å²) in [4.78, 5) is 21.5. The summed E-state index contributed by atoms with van der Waals surface area (Å²) in [5.41, 5.74) is 6.49. The van der Waals surface area contributed by atoms with Gasteiger partial charge in [-0.25, -0.2) is 4.98 Å². The van der Waals surface area contributed by atoms with E-state index in [9.17, 15) is 4.79 Å². The van der Waals surface area contributed by atoms with Gasteiger partial charge in [-0.1, -0.05) is 37.3 Å². The van der Waals surface area contributed by atoms with Crippen molar-refractivity contribution in [2.24, 2.45) is 0 Å². The van der Waals surface area contributed by atoms with Crippen LogP contribution in [-0.4, -0.2) is 58.4 Å². The van der Waals surface area contributed by atoms with E-state index in [4.69, 9.17) is 9.72 Å². The van der Waals surface area contributed by atoms with Crippen molar-refractivity contribution < 1.29 is 9.53 Å². The molecule has 2 aromatic heterocycles. The molecule has 6 heteroatoms. The lowest BCUT2D eigenvalue weighted by molar-refractivity contribution is -0.132. The molecule has 0 aliphatic carbocycles. The Kier molecular flexibility index (Phi) is 6.32. The molecule has 1 fully saturated rings. The van der Waals surface area contributed by atoms with Crippen LogP contribution in [0.25, 0.3) is 28.0 Å². The number of hydrogen-bond acceptors (Lipinski definition) is 4. The van der Waals surface area contributed by atoms with Crippen LogP contribution in [0.3, 0.4) is 0 Å². The van der Waals surface area contributed by atoms with Crippen LogP contribution in [-0.2, 0) is 11.3 Å². The summed E-state index contributed by atoms with van der Waals surface area (Å²) in [7, 11) is 1.68. The number of carbonyl (C=O) groups is 1. The highest BCUT2D eigenvalue weighted by Gasteiger charge is 2.23. The summed E-state index contributed by atoms with van der Waals surface area (Å²) in [6.07, 6.45) is 2.76. The highest BCUT2D eigenvalue weighted by atomic mass is 16.5. The van der Waals surface area contributed by atoms with Gasteiger partial charge in [-0.05, 0) is 47.5 Å². The average molecular weight is 455 g/mol. The lowest BCUT2D eigenvalue weighted by Gasteiger charge is -2.34. The van der Waals surface area contributed by atoms with E-state index in [1.165, 1.54) is 5.56 Å². The van der Waals surface area contributed by atoms with Gasteiger partial charge in [0.2, 0.25) is 5.91 Å². The van der Waals surface area contributed by atoms with Crippen LogP contribution in [0.4, 0.5) is 0 Å². The van der Waals surface area contributed by atoms with E-state index in [0.717, 1.165) is 66.6 Å². The highest BCUT2D eigenvalue weighted by molar-refractivity contribution is 5.76. The second-order valence-electron chi connectivity index (χ2n) is 8.66.